The normalized spacial score (nSPS) is 19.3. The molecule has 1 N–H and O–H groups in total. The van der Waals surface area contributed by atoms with Gasteiger partial charge in [-0.2, -0.15) is 0 Å². The van der Waals surface area contributed by atoms with Crippen LogP contribution in [0, 0.1) is 0 Å². The Morgan fingerprint density at radius 3 is 2.43 bits per heavy atom. The van der Waals surface area contributed by atoms with Crippen LogP contribution in [0.25, 0.3) is 0 Å². The molecule has 0 radical (unpaired) electrons. The molecule has 3 nitrogen and oxygen atoms in total. The molecule has 1 heterocycles. The molecule has 0 spiro atoms. The highest BCUT2D eigenvalue weighted by atomic mass is 32.2. The highest BCUT2D eigenvalue weighted by molar-refractivity contribution is 8.15. The lowest BCUT2D eigenvalue weighted by Gasteiger charge is -2.05. The summed E-state index contributed by atoms with van der Waals surface area (Å²) >= 11 is 1.51. The lowest BCUT2D eigenvalue weighted by atomic mass is 10.0. The van der Waals surface area contributed by atoms with Crippen molar-refractivity contribution in [2.75, 3.05) is 0 Å². The first-order chi connectivity index (χ1) is 11.1. The smallest absolute Gasteiger partial charge is 0.239 e. The van der Waals surface area contributed by atoms with Crippen LogP contribution in [0.5, 0.6) is 0 Å². The zero-order valence-electron chi connectivity index (χ0n) is 13.3. The van der Waals surface area contributed by atoms with Crippen molar-refractivity contribution in [1.29, 1.82) is 0 Å². The lowest BCUT2D eigenvalue weighted by Crippen LogP contribution is -2.25. The summed E-state index contributed by atoms with van der Waals surface area (Å²) in [6.07, 6.45) is 0.725. The Balaban J connectivity index is 1.69. The number of amides is 1. The van der Waals surface area contributed by atoms with Crippen molar-refractivity contribution in [3.05, 3.63) is 65.7 Å². The number of amidine groups is 1. The fourth-order valence-electron chi connectivity index (χ4n) is 2.47. The maximum atomic E-state index is 12.1. The van der Waals surface area contributed by atoms with Gasteiger partial charge in [0.05, 0.1) is 10.9 Å². The molecule has 0 aromatic heterocycles. The molecule has 2 aromatic rings. The number of hydrogen-bond acceptors (Lipinski definition) is 3. The summed E-state index contributed by atoms with van der Waals surface area (Å²) in [6, 6.07) is 18.3. The molecule has 4 heteroatoms. The third-order valence-corrected chi connectivity index (χ3v) is 4.91. The Morgan fingerprint density at radius 2 is 1.78 bits per heavy atom. The van der Waals surface area contributed by atoms with E-state index in [0.29, 0.717) is 11.1 Å². The molecule has 0 aliphatic carbocycles. The fraction of sp³-hybridized carbons (Fsp3) is 0.263. The molecule has 1 unspecified atom stereocenters. The number of carbonyl (C=O) groups is 1. The van der Waals surface area contributed by atoms with Gasteiger partial charge < -0.3 is 5.32 Å². The van der Waals surface area contributed by atoms with Gasteiger partial charge in [-0.25, -0.2) is 4.99 Å². The van der Waals surface area contributed by atoms with Crippen molar-refractivity contribution in [3.8, 4) is 0 Å². The van der Waals surface area contributed by atoms with Crippen molar-refractivity contribution in [1.82, 2.24) is 5.32 Å². The van der Waals surface area contributed by atoms with E-state index >= 15 is 0 Å². The van der Waals surface area contributed by atoms with Crippen LogP contribution in [0.3, 0.4) is 0 Å². The Morgan fingerprint density at radius 1 is 1.09 bits per heavy atom. The van der Waals surface area contributed by atoms with Gasteiger partial charge in [-0.1, -0.05) is 68.1 Å². The number of nitrogens with one attached hydrogen (secondary N) is 1. The number of carbonyl (C=O) groups excluding carboxylic acids is 1. The van der Waals surface area contributed by atoms with Gasteiger partial charge in [-0.05, 0) is 35.6 Å². The number of nitrogens with zero attached hydrogens (tertiary/aromatic N) is 1. The van der Waals surface area contributed by atoms with Gasteiger partial charge in [0.1, 0.15) is 0 Å². The summed E-state index contributed by atoms with van der Waals surface area (Å²) < 4.78 is 0. The third-order valence-electron chi connectivity index (χ3n) is 3.83. The van der Waals surface area contributed by atoms with Gasteiger partial charge in [0.2, 0.25) is 5.91 Å². The van der Waals surface area contributed by atoms with Crippen LogP contribution in [-0.4, -0.2) is 16.3 Å². The van der Waals surface area contributed by atoms with E-state index in [1.165, 1.54) is 22.9 Å². The molecule has 0 saturated carbocycles. The Bertz CT molecular complexity index is 708. The minimum Gasteiger partial charge on any atom is -0.304 e. The van der Waals surface area contributed by atoms with Crippen molar-refractivity contribution >= 4 is 28.5 Å². The van der Waals surface area contributed by atoms with Crippen LogP contribution in [0.1, 0.15) is 30.9 Å². The molecule has 1 aliphatic heterocycles. The molecule has 2 aromatic carbocycles. The van der Waals surface area contributed by atoms with Gasteiger partial charge in [0.25, 0.3) is 0 Å². The number of thioether (sulfide) groups is 1. The van der Waals surface area contributed by atoms with Gasteiger partial charge in [-0.3, -0.25) is 4.79 Å². The van der Waals surface area contributed by atoms with E-state index < -0.39 is 0 Å². The maximum Gasteiger partial charge on any atom is 0.239 e. The predicted octanol–water partition coefficient (Wildman–Crippen LogP) is 4.27. The number of benzene rings is 2. The van der Waals surface area contributed by atoms with Crippen LogP contribution >= 0.6 is 11.8 Å². The average Bonchev–Trinajstić information content (AvgIpc) is 2.88. The first-order valence-corrected chi connectivity index (χ1v) is 8.70. The van der Waals surface area contributed by atoms with Gasteiger partial charge in [-0.15, -0.1) is 0 Å². The van der Waals surface area contributed by atoms with Crippen LogP contribution in [0.4, 0.5) is 5.69 Å². The zero-order chi connectivity index (χ0) is 16.2. The van der Waals surface area contributed by atoms with Crippen molar-refractivity contribution in [3.63, 3.8) is 0 Å². The summed E-state index contributed by atoms with van der Waals surface area (Å²) in [5, 5.41) is 3.47. The standard InChI is InChI=1S/C19H20N2OS/c1-13(2)15-8-10-16(11-9-15)20-19-21-18(22)17(23-19)12-14-6-4-3-5-7-14/h3-11,13,17H,12H2,1-2H3,(H,20,21,22). The van der Waals surface area contributed by atoms with Crippen LogP contribution in [0.2, 0.25) is 0 Å². The van der Waals surface area contributed by atoms with Crippen LogP contribution in [-0.2, 0) is 11.2 Å². The summed E-state index contributed by atoms with van der Waals surface area (Å²) in [5.41, 5.74) is 3.33. The molecule has 1 fully saturated rings. The van der Waals surface area contributed by atoms with Crippen molar-refractivity contribution < 1.29 is 4.79 Å². The van der Waals surface area contributed by atoms with Crippen LogP contribution in [0.15, 0.2) is 59.6 Å². The Labute approximate surface area is 141 Å². The average molecular weight is 324 g/mol. The lowest BCUT2D eigenvalue weighted by molar-refractivity contribution is -0.118. The second kappa shape index (κ2) is 7.01. The van der Waals surface area contributed by atoms with Gasteiger partial charge in [0.15, 0.2) is 5.17 Å². The summed E-state index contributed by atoms with van der Waals surface area (Å²) in [7, 11) is 0. The SMILES string of the molecule is CC(C)c1ccc(N=C2NC(=O)C(Cc3ccccc3)S2)cc1. The highest BCUT2D eigenvalue weighted by Gasteiger charge is 2.30. The molecular weight excluding hydrogens is 304 g/mol. The van der Waals surface area contributed by atoms with E-state index in [0.717, 1.165) is 12.1 Å². The number of aliphatic imine (C=N–C) groups is 1. The minimum atomic E-state index is -0.105. The van der Waals surface area contributed by atoms with E-state index in [2.05, 4.69) is 36.3 Å². The second-order valence-electron chi connectivity index (χ2n) is 5.95. The fourth-order valence-corrected chi connectivity index (χ4v) is 3.50. The largest absolute Gasteiger partial charge is 0.304 e. The molecule has 0 bridgehead atoms. The number of rotatable bonds is 4. The van der Waals surface area contributed by atoms with E-state index in [4.69, 9.17) is 0 Å². The van der Waals surface area contributed by atoms with E-state index in [-0.39, 0.29) is 11.2 Å². The molecular formula is C19H20N2OS. The van der Waals surface area contributed by atoms with Crippen LogP contribution < -0.4 is 5.32 Å². The van der Waals surface area contributed by atoms with E-state index in [9.17, 15) is 4.79 Å². The Hall–Kier alpha value is -2.07. The highest BCUT2D eigenvalue weighted by Crippen LogP contribution is 2.26. The molecule has 3 rings (SSSR count). The topological polar surface area (TPSA) is 41.5 Å². The number of hydrogen-bond donors (Lipinski definition) is 1. The van der Waals surface area contributed by atoms with Crippen molar-refractivity contribution in [2.45, 2.75) is 31.4 Å². The maximum absolute atomic E-state index is 12.1. The zero-order valence-corrected chi connectivity index (χ0v) is 14.1. The first-order valence-electron chi connectivity index (χ1n) is 7.82. The summed E-state index contributed by atoms with van der Waals surface area (Å²) in [5.74, 6) is 0.545. The minimum absolute atomic E-state index is 0.0383. The Kier molecular flexibility index (Phi) is 4.82. The predicted molar refractivity (Wildman–Crippen MR) is 97.3 cm³/mol. The monoisotopic (exact) mass is 324 g/mol. The molecule has 1 aliphatic rings. The second-order valence-corrected chi connectivity index (χ2v) is 7.14. The quantitative estimate of drug-likeness (QED) is 0.912. The third kappa shape index (κ3) is 4.02. The molecule has 1 saturated heterocycles. The molecule has 1 atom stereocenters. The van der Waals surface area contributed by atoms with Gasteiger partial charge >= 0.3 is 0 Å². The summed E-state index contributed by atoms with van der Waals surface area (Å²) in [6.45, 7) is 4.34. The van der Waals surface area contributed by atoms with E-state index in [1.807, 2.05) is 42.5 Å². The van der Waals surface area contributed by atoms with E-state index in [1.54, 1.807) is 0 Å². The van der Waals surface area contributed by atoms with Gasteiger partial charge in [0, 0.05) is 0 Å². The molecule has 23 heavy (non-hydrogen) atoms. The molecule has 118 valence electrons. The molecule has 1 amide bonds. The summed E-state index contributed by atoms with van der Waals surface area (Å²) in [4.78, 5) is 16.7. The first kappa shape index (κ1) is 15.8. The van der Waals surface area contributed by atoms with Crippen molar-refractivity contribution in [2.24, 2.45) is 4.99 Å².